The van der Waals surface area contributed by atoms with Crippen LogP contribution < -0.4 is 16.1 Å². The summed E-state index contributed by atoms with van der Waals surface area (Å²) in [5.41, 5.74) is 4.94. The van der Waals surface area contributed by atoms with Crippen LogP contribution in [0.25, 0.3) is 10.9 Å². The average Bonchev–Trinajstić information content (AvgIpc) is 3.18. The van der Waals surface area contributed by atoms with Crippen molar-refractivity contribution in [3.63, 3.8) is 0 Å². The van der Waals surface area contributed by atoms with Gasteiger partial charge in [0.1, 0.15) is 5.69 Å². The van der Waals surface area contributed by atoms with Crippen molar-refractivity contribution >= 4 is 79.1 Å². The fraction of sp³-hybridized carbons (Fsp3) is 0.0800. The molecule has 7 nitrogen and oxygen atoms in total. The lowest BCUT2D eigenvalue weighted by Gasteiger charge is -2.14. The Morgan fingerprint density at radius 2 is 1.66 bits per heavy atom. The summed E-state index contributed by atoms with van der Waals surface area (Å²) in [6.07, 6.45) is 0.687. The Morgan fingerprint density at radius 3 is 2.40 bits per heavy atom. The number of fused-ring (bicyclic) bond motifs is 1. The number of halogens is 3. The molecule has 3 amide bonds. The number of hydrogen-bond donors (Lipinski definition) is 3. The molecule has 0 spiro atoms. The zero-order valence-electron chi connectivity index (χ0n) is 18.4. The Balaban J connectivity index is 1.64. The van der Waals surface area contributed by atoms with Gasteiger partial charge in [-0.25, -0.2) is 4.68 Å². The van der Waals surface area contributed by atoms with Crippen molar-refractivity contribution in [3.05, 3.63) is 92.5 Å². The number of aromatic nitrogens is 1. The van der Waals surface area contributed by atoms with Crippen LogP contribution in [0.1, 0.15) is 23.0 Å². The first-order valence-electron chi connectivity index (χ1n) is 10.5. The fourth-order valence-electron chi connectivity index (χ4n) is 3.53. The summed E-state index contributed by atoms with van der Waals surface area (Å²) in [6, 6.07) is 18.8. The SMILES string of the molecule is CCc1ccccc1NC(=O)C(=O)Nn1c(C(=O)Nc2ccc(Cl)cc2Cl)cc2cc(Br)ccc21. The van der Waals surface area contributed by atoms with Crippen molar-refractivity contribution in [2.75, 3.05) is 16.1 Å². The van der Waals surface area contributed by atoms with E-state index >= 15 is 0 Å². The summed E-state index contributed by atoms with van der Waals surface area (Å²) in [4.78, 5) is 38.7. The van der Waals surface area contributed by atoms with E-state index < -0.39 is 17.7 Å². The Morgan fingerprint density at radius 1 is 0.886 bits per heavy atom. The minimum Gasteiger partial charge on any atom is -0.319 e. The molecule has 35 heavy (non-hydrogen) atoms. The molecule has 0 saturated heterocycles. The van der Waals surface area contributed by atoms with Crippen molar-refractivity contribution < 1.29 is 14.4 Å². The van der Waals surface area contributed by atoms with E-state index in [4.69, 9.17) is 23.2 Å². The van der Waals surface area contributed by atoms with Crippen LogP contribution in [0.15, 0.2) is 71.2 Å². The maximum absolute atomic E-state index is 13.2. The van der Waals surface area contributed by atoms with Crippen LogP contribution in [-0.2, 0) is 16.0 Å². The molecule has 0 aliphatic carbocycles. The van der Waals surface area contributed by atoms with Crippen LogP contribution in [0.2, 0.25) is 10.0 Å². The van der Waals surface area contributed by atoms with Gasteiger partial charge >= 0.3 is 11.8 Å². The van der Waals surface area contributed by atoms with E-state index in [0.717, 1.165) is 10.0 Å². The van der Waals surface area contributed by atoms with Gasteiger partial charge in [0.25, 0.3) is 5.91 Å². The summed E-state index contributed by atoms with van der Waals surface area (Å²) in [5, 5.41) is 6.70. The molecule has 3 N–H and O–H groups in total. The Bertz CT molecular complexity index is 1470. The van der Waals surface area contributed by atoms with Gasteiger partial charge in [-0.15, -0.1) is 0 Å². The maximum Gasteiger partial charge on any atom is 0.328 e. The maximum atomic E-state index is 13.2. The molecule has 0 atom stereocenters. The van der Waals surface area contributed by atoms with Crippen molar-refractivity contribution in [3.8, 4) is 0 Å². The first-order chi connectivity index (χ1) is 16.8. The predicted molar refractivity (Wildman–Crippen MR) is 143 cm³/mol. The van der Waals surface area contributed by atoms with Crippen molar-refractivity contribution in [2.24, 2.45) is 0 Å². The number of carbonyl (C=O) groups excluding carboxylic acids is 3. The van der Waals surface area contributed by atoms with Gasteiger partial charge in [0.15, 0.2) is 0 Å². The molecule has 0 bridgehead atoms. The predicted octanol–water partition coefficient (Wildman–Crippen LogP) is 6.23. The normalized spacial score (nSPS) is 10.7. The molecule has 4 rings (SSSR count). The van der Waals surface area contributed by atoms with E-state index in [9.17, 15) is 14.4 Å². The molecule has 0 radical (unpaired) electrons. The first-order valence-corrected chi connectivity index (χ1v) is 12.1. The van der Waals surface area contributed by atoms with Crippen LogP contribution in [0.3, 0.4) is 0 Å². The van der Waals surface area contributed by atoms with Gasteiger partial charge in [0, 0.05) is 20.6 Å². The quantitative estimate of drug-likeness (QED) is 0.247. The molecule has 178 valence electrons. The summed E-state index contributed by atoms with van der Waals surface area (Å²) >= 11 is 15.5. The highest BCUT2D eigenvalue weighted by atomic mass is 79.9. The number of benzene rings is 3. The van der Waals surface area contributed by atoms with Crippen LogP contribution in [-0.4, -0.2) is 22.4 Å². The smallest absolute Gasteiger partial charge is 0.319 e. The minimum absolute atomic E-state index is 0.0965. The van der Waals surface area contributed by atoms with Crippen LogP contribution in [0.4, 0.5) is 11.4 Å². The molecule has 0 fully saturated rings. The van der Waals surface area contributed by atoms with Gasteiger partial charge in [-0.05, 0) is 60.5 Å². The highest BCUT2D eigenvalue weighted by Crippen LogP contribution is 2.28. The molecule has 0 unspecified atom stereocenters. The second-order valence-electron chi connectivity index (χ2n) is 7.55. The van der Waals surface area contributed by atoms with E-state index in [-0.39, 0.29) is 10.7 Å². The lowest BCUT2D eigenvalue weighted by Crippen LogP contribution is -2.36. The first kappa shape index (κ1) is 24.8. The van der Waals surface area contributed by atoms with E-state index in [1.165, 1.54) is 10.7 Å². The number of carbonyl (C=O) groups is 3. The number of anilines is 2. The highest BCUT2D eigenvalue weighted by Gasteiger charge is 2.22. The van der Waals surface area contributed by atoms with Crippen LogP contribution >= 0.6 is 39.1 Å². The van der Waals surface area contributed by atoms with Crippen molar-refractivity contribution in [1.29, 1.82) is 0 Å². The Hall–Kier alpha value is -3.33. The molecule has 10 heteroatoms. The van der Waals surface area contributed by atoms with Crippen molar-refractivity contribution in [2.45, 2.75) is 13.3 Å². The molecule has 0 aliphatic heterocycles. The van der Waals surface area contributed by atoms with Crippen molar-refractivity contribution in [1.82, 2.24) is 4.68 Å². The molecule has 1 heterocycles. The average molecular weight is 574 g/mol. The van der Waals surface area contributed by atoms with Crippen LogP contribution in [0.5, 0.6) is 0 Å². The lowest BCUT2D eigenvalue weighted by molar-refractivity contribution is -0.133. The van der Waals surface area contributed by atoms with E-state index in [0.29, 0.717) is 33.7 Å². The third kappa shape index (κ3) is 5.51. The number of nitrogens with zero attached hydrogens (tertiary/aromatic N) is 1. The highest BCUT2D eigenvalue weighted by molar-refractivity contribution is 9.10. The number of aryl methyl sites for hydroxylation is 1. The standard InChI is InChI=1S/C25H19BrCl2N4O3/c1-2-14-5-3-4-6-19(14)29-24(34)25(35)31-32-21-10-7-16(26)11-15(21)12-22(32)23(33)30-20-9-8-17(27)13-18(20)28/h3-13H,2H2,1H3,(H,29,34)(H,30,33)(H,31,35). The van der Waals surface area contributed by atoms with Gasteiger partial charge < -0.3 is 10.6 Å². The number of nitrogens with one attached hydrogen (secondary N) is 3. The Kier molecular flexibility index (Phi) is 7.45. The third-order valence-corrected chi connectivity index (χ3v) is 6.28. The van der Waals surface area contributed by atoms with Gasteiger partial charge in [-0.1, -0.05) is 64.3 Å². The fourth-order valence-corrected chi connectivity index (χ4v) is 4.37. The minimum atomic E-state index is -0.935. The molecule has 1 aromatic heterocycles. The van der Waals surface area contributed by atoms with Gasteiger partial charge in [-0.2, -0.15) is 0 Å². The number of para-hydroxylation sites is 1. The largest absolute Gasteiger partial charge is 0.328 e. The number of amides is 3. The van der Waals surface area contributed by atoms with Crippen LogP contribution in [0, 0.1) is 0 Å². The molecular formula is C25H19BrCl2N4O3. The molecule has 3 aromatic carbocycles. The third-order valence-electron chi connectivity index (χ3n) is 5.24. The molecule has 0 saturated carbocycles. The van der Waals surface area contributed by atoms with Gasteiger partial charge in [0.05, 0.1) is 16.2 Å². The number of rotatable bonds is 5. The topological polar surface area (TPSA) is 92.2 Å². The summed E-state index contributed by atoms with van der Waals surface area (Å²) < 4.78 is 2.06. The molecule has 4 aromatic rings. The van der Waals surface area contributed by atoms with Gasteiger partial charge in [-0.3, -0.25) is 19.8 Å². The zero-order chi connectivity index (χ0) is 25.1. The zero-order valence-corrected chi connectivity index (χ0v) is 21.5. The number of hydrogen-bond acceptors (Lipinski definition) is 3. The Labute approximate surface area is 219 Å². The monoisotopic (exact) mass is 572 g/mol. The van der Waals surface area contributed by atoms with E-state index in [1.54, 1.807) is 48.5 Å². The van der Waals surface area contributed by atoms with E-state index in [1.807, 2.05) is 19.1 Å². The van der Waals surface area contributed by atoms with Gasteiger partial charge in [0.2, 0.25) is 0 Å². The second-order valence-corrected chi connectivity index (χ2v) is 9.31. The lowest BCUT2D eigenvalue weighted by atomic mass is 10.1. The molecule has 0 aliphatic rings. The summed E-state index contributed by atoms with van der Waals surface area (Å²) in [5.74, 6) is -2.34. The molecular weight excluding hydrogens is 555 g/mol. The van der Waals surface area contributed by atoms with E-state index in [2.05, 4.69) is 32.0 Å². The second kappa shape index (κ2) is 10.5. The summed E-state index contributed by atoms with van der Waals surface area (Å²) in [6.45, 7) is 1.95. The summed E-state index contributed by atoms with van der Waals surface area (Å²) in [7, 11) is 0.